The largest absolute Gasteiger partial charge is 0.296 e. The van der Waals surface area contributed by atoms with E-state index in [1.54, 1.807) is 0 Å². The van der Waals surface area contributed by atoms with Crippen LogP contribution in [0.25, 0.3) is 0 Å². The second-order valence-corrected chi connectivity index (χ2v) is 4.92. The van der Waals surface area contributed by atoms with Gasteiger partial charge in [-0.3, -0.25) is 14.6 Å². The number of rotatable bonds is 3. The molecular formula is C10H22N2O. The van der Waals surface area contributed by atoms with Gasteiger partial charge < -0.3 is 0 Å². The molecule has 78 valence electrons. The minimum absolute atomic E-state index is 0.125. The Bertz CT molecular complexity index is 172. The predicted molar refractivity (Wildman–Crippen MR) is 55.6 cm³/mol. The van der Waals surface area contributed by atoms with E-state index >= 15 is 0 Å². The van der Waals surface area contributed by atoms with Crippen LogP contribution in [0.5, 0.6) is 0 Å². The Labute approximate surface area is 81.7 Å². The van der Waals surface area contributed by atoms with Gasteiger partial charge in [0.15, 0.2) is 5.78 Å². The molecule has 0 aromatic heterocycles. The van der Waals surface area contributed by atoms with Crippen molar-refractivity contribution in [3.63, 3.8) is 0 Å². The third kappa shape index (κ3) is 3.44. The van der Waals surface area contributed by atoms with Crippen LogP contribution in [0.15, 0.2) is 0 Å². The van der Waals surface area contributed by atoms with Crippen molar-refractivity contribution >= 4 is 5.78 Å². The molecule has 0 aliphatic heterocycles. The molecule has 0 N–H and O–H groups in total. The molecule has 3 heteroatoms. The Hall–Kier alpha value is -0.410. The van der Waals surface area contributed by atoms with E-state index in [-0.39, 0.29) is 17.4 Å². The first-order valence-electron chi connectivity index (χ1n) is 4.55. The van der Waals surface area contributed by atoms with Crippen molar-refractivity contribution in [3.05, 3.63) is 0 Å². The zero-order valence-electron chi connectivity index (χ0n) is 9.88. The summed E-state index contributed by atoms with van der Waals surface area (Å²) in [7, 11) is 7.70. The first kappa shape index (κ1) is 12.6. The number of hydrogen-bond acceptors (Lipinski definition) is 3. The van der Waals surface area contributed by atoms with E-state index in [1.807, 2.05) is 58.8 Å². The highest BCUT2D eigenvalue weighted by Gasteiger charge is 2.32. The van der Waals surface area contributed by atoms with Crippen LogP contribution in [-0.4, -0.2) is 49.9 Å². The molecule has 0 amide bonds. The van der Waals surface area contributed by atoms with Crippen molar-refractivity contribution in [1.29, 1.82) is 0 Å². The molecule has 0 unspecified atom stereocenters. The van der Waals surface area contributed by atoms with Gasteiger partial charge in [0.25, 0.3) is 0 Å². The number of carbonyl (C=O) groups is 1. The average Bonchev–Trinajstić information content (AvgIpc) is 1.82. The fraction of sp³-hybridized carbons (Fsp3) is 0.900. The van der Waals surface area contributed by atoms with Gasteiger partial charge >= 0.3 is 0 Å². The molecule has 0 aromatic carbocycles. The highest BCUT2D eigenvalue weighted by Crippen LogP contribution is 2.19. The predicted octanol–water partition coefficient (Wildman–Crippen LogP) is 1.05. The summed E-state index contributed by atoms with van der Waals surface area (Å²) in [6.45, 7) is 5.86. The molecule has 0 heterocycles. The third-order valence-corrected chi connectivity index (χ3v) is 1.95. The molecule has 0 fully saturated rings. The minimum Gasteiger partial charge on any atom is -0.296 e. The molecule has 0 atom stereocenters. The Morgan fingerprint density at radius 1 is 1.00 bits per heavy atom. The van der Waals surface area contributed by atoms with Gasteiger partial charge in [0.05, 0.1) is 0 Å². The first-order valence-corrected chi connectivity index (χ1v) is 4.55. The maximum absolute atomic E-state index is 12.0. The van der Waals surface area contributed by atoms with E-state index in [0.29, 0.717) is 0 Å². The molecule has 0 aromatic rings. The Morgan fingerprint density at radius 2 is 1.31 bits per heavy atom. The topological polar surface area (TPSA) is 23.6 Å². The van der Waals surface area contributed by atoms with Gasteiger partial charge in [-0.2, -0.15) is 0 Å². The average molecular weight is 186 g/mol. The van der Waals surface area contributed by atoms with E-state index in [4.69, 9.17) is 0 Å². The van der Waals surface area contributed by atoms with Gasteiger partial charge in [-0.1, -0.05) is 20.8 Å². The number of nitrogens with zero attached hydrogens (tertiary/aromatic N) is 2. The molecule has 0 rings (SSSR count). The SMILES string of the molecule is CN(C)C(C(=O)C(C)(C)C)N(C)C. The number of Topliss-reactive ketones (excluding diaryl/α,β-unsaturated/α-hetero) is 1. The van der Waals surface area contributed by atoms with Gasteiger partial charge in [-0.05, 0) is 28.2 Å². The summed E-state index contributed by atoms with van der Waals surface area (Å²) in [6.07, 6.45) is -0.125. The summed E-state index contributed by atoms with van der Waals surface area (Å²) in [4.78, 5) is 15.8. The van der Waals surface area contributed by atoms with Crippen LogP contribution in [-0.2, 0) is 4.79 Å². The van der Waals surface area contributed by atoms with Gasteiger partial charge in [0.2, 0.25) is 0 Å². The lowest BCUT2D eigenvalue weighted by Gasteiger charge is -2.33. The highest BCUT2D eigenvalue weighted by molar-refractivity contribution is 5.88. The van der Waals surface area contributed by atoms with Gasteiger partial charge in [-0.25, -0.2) is 0 Å². The van der Waals surface area contributed by atoms with Crippen molar-refractivity contribution in [2.75, 3.05) is 28.2 Å². The summed E-state index contributed by atoms with van der Waals surface area (Å²) in [5.41, 5.74) is -0.279. The van der Waals surface area contributed by atoms with Crippen molar-refractivity contribution in [2.24, 2.45) is 5.41 Å². The molecular weight excluding hydrogens is 164 g/mol. The van der Waals surface area contributed by atoms with Crippen LogP contribution < -0.4 is 0 Å². The molecule has 0 saturated heterocycles. The molecule has 0 saturated carbocycles. The third-order valence-electron chi connectivity index (χ3n) is 1.95. The van der Waals surface area contributed by atoms with Gasteiger partial charge in [0, 0.05) is 5.41 Å². The van der Waals surface area contributed by atoms with Crippen molar-refractivity contribution in [1.82, 2.24) is 9.80 Å². The van der Waals surface area contributed by atoms with Crippen LogP contribution in [0, 0.1) is 5.41 Å². The molecule has 0 bridgehead atoms. The lowest BCUT2D eigenvalue weighted by Crippen LogP contribution is -2.50. The maximum Gasteiger partial charge on any atom is 0.169 e. The van der Waals surface area contributed by atoms with E-state index < -0.39 is 0 Å². The summed E-state index contributed by atoms with van der Waals surface area (Å²) in [5.74, 6) is 0.252. The quantitative estimate of drug-likeness (QED) is 0.616. The molecule has 3 nitrogen and oxygen atoms in total. The normalized spacial score (nSPS) is 13.1. The molecule has 0 aliphatic carbocycles. The van der Waals surface area contributed by atoms with Crippen LogP contribution in [0.4, 0.5) is 0 Å². The van der Waals surface area contributed by atoms with E-state index in [1.165, 1.54) is 0 Å². The van der Waals surface area contributed by atoms with Crippen LogP contribution in [0.2, 0.25) is 0 Å². The second-order valence-electron chi connectivity index (χ2n) is 4.92. The lowest BCUT2D eigenvalue weighted by atomic mass is 9.88. The minimum atomic E-state index is -0.279. The van der Waals surface area contributed by atoms with Crippen LogP contribution in [0.3, 0.4) is 0 Å². The zero-order chi connectivity index (χ0) is 10.8. The Kier molecular flexibility index (Phi) is 4.07. The van der Waals surface area contributed by atoms with E-state index in [2.05, 4.69) is 0 Å². The number of likely N-dealkylation sites (N-methyl/N-ethyl adjacent to an activating group) is 2. The number of carbonyl (C=O) groups excluding carboxylic acids is 1. The molecule has 0 aliphatic rings. The maximum atomic E-state index is 12.0. The van der Waals surface area contributed by atoms with Crippen molar-refractivity contribution < 1.29 is 4.79 Å². The summed E-state index contributed by atoms with van der Waals surface area (Å²) in [5, 5.41) is 0. The van der Waals surface area contributed by atoms with Gasteiger partial charge in [-0.15, -0.1) is 0 Å². The monoisotopic (exact) mass is 186 g/mol. The van der Waals surface area contributed by atoms with Crippen molar-refractivity contribution in [3.8, 4) is 0 Å². The lowest BCUT2D eigenvalue weighted by molar-refractivity contribution is -0.136. The van der Waals surface area contributed by atoms with Crippen LogP contribution >= 0.6 is 0 Å². The molecule has 0 radical (unpaired) electrons. The number of ketones is 1. The van der Waals surface area contributed by atoms with E-state index in [9.17, 15) is 4.79 Å². The van der Waals surface area contributed by atoms with E-state index in [0.717, 1.165) is 0 Å². The molecule has 13 heavy (non-hydrogen) atoms. The second kappa shape index (κ2) is 4.20. The Balaban J connectivity index is 4.68. The summed E-state index contributed by atoms with van der Waals surface area (Å²) < 4.78 is 0. The number of hydrogen-bond donors (Lipinski definition) is 0. The zero-order valence-corrected chi connectivity index (χ0v) is 9.88. The smallest absolute Gasteiger partial charge is 0.169 e. The standard InChI is InChI=1S/C10H22N2O/c1-10(2,3)8(13)9(11(4)5)12(6)7/h9H,1-7H3. The molecule has 0 spiro atoms. The van der Waals surface area contributed by atoms with Crippen LogP contribution in [0.1, 0.15) is 20.8 Å². The summed E-state index contributed by atoms with van der Waals surface area (Å²) >= 11 is 0. The Morgan fingerprint density at radius 3 is 1.38 bits per heavy atom. The fourth-order valence-corrected chi connectivity index (χ4v) is 1.32. The first-order chi connectivity index (χ1) is 5.68. The summed E-state index contributed by atoms with van der Waals surface area (Å²) in [6, 6.07) is 0. The van der Waals surface area contributed by atoms with Crippen molar-refractivity contribution in [2.45, 2.75) is 26.9 Å². The fourth-order valence-electron chi connectivity index (χ4n) is 1.32. The highest BCUT2D eigenvalue weighted by atomic mass is 16.1. The van der Waals surface area contributed by atoms with Gasteiger partial charge in [0.1, 0.15) is 6.17 Å².